The molecule has 0 spiro atoms. The Kier molecular flexibility index (Phi) is 4.53. The Hall–Kier alpha value is -1.08. The summed E-state index contributed by atoms with van der Waals surface area (Å²) >= 11 is 0. The van der Waals surface area contributed by atoms with E-state index in [9.17, 15) is 18.4 Å². The highest BCUT2D eigenvalue weighted by molar-refractivity contribution is 6.00. The molecule has 1 fully saturated rings. The van der Waals surface area contributed by atoms with E-state index in [1.54, 1.807) is 6.92 Å². The van der Waals surface area contributed by atoms with Crippen molar-refractivity contribution in [2.45, 2.75) is 44.8 Å². The first kappa shape index (κ1) is 14.0. The van der Waals surface area contributed by atoms with Crippen molar-refractivity contribution in [3.63, 3.8) is 0 Å². The minimum absolute atomic E-state index is 0.264. The zero-order valence-corrected chi connectivity index (χ0v) is 9.85. The number of carbonyl (C=O) groups is 2. The average molecular weight is 249 g/mol. The largest absolute Gasteiger partial charge is 0.296 e. The third kappa shape index (κ3) is 5.18. The van der Waals surface area contributed by atoms with Crippen LogP contribution in [0, 0.1) is 0 Å². The summed E-state index contributed by atoms with van der Waals surface area (Å²) in [6.45, 7) is 2.00. The van der Waals surface area contributed by atoms with Crippen LogP contribution in [0.4, 0.5) is 8.78 Å². The first-order valence-corrected chi connectivity index (χ1v) is 5.49. The van der Waals surface area contributed by atoms with Crippen LogP contribution >= 0.6 is 0 Å². The molecular formula is C10H17F2N3O2. The van der Waals surface area contributed by atoms with E-state index >= 15 is 0 Å². The summed E-state index contributed by atoms with van der Waals surface area (Å²) in [4.78, 5) is 22.3. The second-order valence-corrected chi connectivity index (χ2v) is 4.34. The highest BCUT2D eigenvalue weighted by Crippen LogP contribution is 2.09. The van der Waals surface area contributed by atoms with Crippen LogP contribution in [-0.4, -0.2) is 36.5 Å². The third-order valence-electron chi connectivity index (χ3n) is 2.41. The molecule has 0 saturated carbocycles. The Labute approximate surface area is 98.3 Å². The zero-order chi connectivity index (χ0) is 13.1. The molecule has 0 aromatic heterocycles. The van der Waals surface area contributed by atoms with Gasteiger partial charge in [0.1, 0.15) is 0 Å². The van der Waals surface area contributed by atoms with Gasteiger partial charge in [0.2, 0.25) is 11.8 Å². The van der Waals surface area contributed by atoms with Crippen LogP contribution in [0.3, 0.4) is 0 Å². The number of nitrogens with one attached hydrogen (secondary N) is 3. The standard InChI is InChI=1S/C10H17F2N3O2/c1-6(13-5-10(2,11)12)14-7-3-4-8(16)15-9(7)17/h6-7,13-14H,3-5H2,1-2H3,(H,15,16,17). The van der Waals surface area contributed by atoms with Crippen molar-refractivity contribution in [3.8, 4) is 0 Å². The molecule has 1 heterocycles. The van der Waals surface area contributed by atoms with Gasteiger partial charge >= 0.3 is 0 Å². The molecule has 0 aromatic rings. The smallest absolute Gasteiger partial charge is 0.257 e. The molecule has 1 aliphatic heterocycles. The molecule has 2 amide bonds. The van der Waals surface area contributed by atoms with E-state index in [2.05, 4.69) is 16.0 Å². The lowest BCUT2D eigenvalue weighted by atomic mass is 10.1. The zero-order valence-electron chi connectivity index (χ0n) is 9.85. The van der Waals surface area contributed by atoms with E-state index in [0.29, 0.717) is 6.42 Å². The summed E-state index contributed by atoms with van der Waals surface area (Å²) in [7, 11) is 0. The van der Waals surface area contributed by atoms with Crippen LogP contribution in [0.5, 0.6) is 0 Å². The maximum Gasteiger partial charge on any atom is 0.257 e. The number of imide groups is 1. The minimum atomic E-state index is -2.79. The van der Waals surface area contributed by atoms with Crippen molar-refractivity contribution >= 4 is 11.8 Å². The maximum absolute atomic E-state index is 12.6. The summed E-state index contributed by atoms with van der Waals surface area (Å²) in [5, 5.41) is 7.62. The second kappa shape index (κ2) is 5.50. The molecule has 1 rings (SSSR count). The number of halogens is 2. The molecule has 5 nitrogen and oxygen atoms in total. The molecule has 7 heteroatoms. The fourth-order valence-electron chi connectivity index (χ4n) is 1.55. The lowest BCUT2D eigenvalue weighted by molar-refractivity contribution is -0.134. The molecule has 3 N–H and O–H groups in total. The Morgan fingerprint density at radius 2 is 2.18 bits per heavy atom. The van der Waals surface area contributed by atoms with Crippen LogP contribution in [-0.2, 0) is 9.59 Å². The van der Waals surface area contributed by atoms with E-state index in [1.807, 2.05) is 0 Å². The first-order chi connectivity index (χ1) is 7.78. The fourth-order valence-corrected chi connectivity index (χ4v) is 1.55. The van der Waals surface area contributed by atoms with Gasteiger partial charge in [0.15, 0.2) is 0 Å². The lowest BCUT2D eigenvalue weighted by Crippen LogP contribution is -2.56. The molecular weight excluding hydrogens is 232 g/mol. The van der Waals surface area contributed by atoms with Gasteiger partial charge in [-0.25, -0.2) is 8.78 Å². The topological polar surface area (TPSA) is 70.2 Å². The van der Waals surface area contributed by atoms with Crippen LogP contribution < -0.4 is 16.0 Å². The van der Waals surface area contributed by atoms with Crippen molar-refractivity contribution in [3.05, 3.63) is 0 Å². The van der Waals surface area contributed by atoms with E-state index in [4.69, 9.17) is 0 Å². The van der Waals surface area contributed by atoms with E-state index in [-0.39, 0.29) is 12.3 Å². The summed E-state index contributed by atoms with van der Waals surface area (Å²) in [6, 6.07) is -0.513. The van der Waals surface area contributed by atoms with Crippen molar-refractivity contribution < 1.29 is 18.4 Å². The Morgan fingerprint density at radius 3 is 2.71 bits per heavy atom. The average Bonchev–Trinajstić information content (AvgIpc) is 2.18. The molecule has 0 radical (unpaired) electrons. The SMILES string of the molecule is CC(NCC(C)(F)F)NC1CCC(=O)NC1=O. The molecule has 0 bridgehead atoms. The predicted molar refractivity (Wildman–Crippen MR) is 57.4 cm³/mol. The number of carbonyl (C=O) groups excluding carboxylic acids is 2. The van der Waals surface area contributed by atoms with Crippen LogP contribution in [0.1, 0.15) is 26.7 Å². The quantitative estimate of drug-likeness (QED) is 0.473. The minimum Gasteiger partial charge on any atom is -0.296 e. The number of hydrogen-bond donors (Lipinski definition) is 3. The molecule has 2 atom stereocenters. The second-order valence-electron chi connectivity index (χ2n) is 4.34. The van der Waals surface area contributed by atoms with E-state index in [1.165, 1.54) is 0 Å². The predicted octanol–water partition coefficient (Wildman–Crippen LogP) is -0.0280. The monoisotopic (exact) mass is 249 g/mol. The van der Waals surface area contributed by atoms with Gasteiger partial charge in [0, 0.05) is 13.3 Å². The Morgan fingerprint density at radius 1 is 1.53 bits per heavy atom. The summed E-state index contributed by atoms with van der Waals surface area (Å²) < 4.78 is 25.1. The van der Waals surface area contributed by atoms with Crippen molar-refractivity contribution in [1.82, 2.24) is 16.0 Å². The third-order valence-corrected chi connectivity index (χ3v) is 2.41. The highest BCUT2D eigenvalue weighted by atomic mass is 19.3. The highest BCUT2D eigenvalue weighted by Gasteiger charge is 2.28. The maximum atomic E-state index is 12.6. The summed E-state index contributed by atoms with van der Waals surface area (Å²) in [5.74, 6) is -3.49. The van der Waals surface area contributed by atoms with Gasteiger partial charge in [-0.3, -0.25) is 25.5 Å². The van der Waals surface area contributed by atoms with Crippen molar-refractivity contribution in [2.75, 3.05) is 6.54 Å². The molecule has 1 saturated heterocycles. The molecule has 17 heavy (non-hydrogen) atoms. The number of piperidine rings is 1. The molecule has 0 aromatic carbocycles. The van der Waals surface area contributed by atoms with Gasteiger partial charge in [-0.05, 0) is 13.3 Å². The number of amides is 2. The number of hydrogen-bond acceptors (Lipinski definition) is 4. The normalized spacial score (nSPS) is 23.4. The molecule has 0 aliphatic carbocycles. The lowest BCUT2D eigenvalue weighted by Gasteiger charge is -2.26. The van der Waals surface area contributed by atoms with E-state index in [0.717, 1.165) is 6.92 Å². The van der Waals surface area contributed by atoms with Gasteiger partial charge in [0.25, 0.3) is 5.92 Å². The van der Waals surface area contributed by atoms with Crippen molar-refractivity contribution in [2.24, 2.45) is 0 Å². The van der Waals surface area contributed by atoms with Gasteiger partial charge in [-0.2, -0.15) is 0 Å². The summed E-state index contributed by atoms with van der Waals surface area (Å²) in [5.41, 5.74) is 0. The van der Waals surface area contributed by atoms with Crippen molar-refractivity contribution in [1.29, 1.82) is 0 Å². The summed E-state index contributed by atoms with van der Waals surface area (Å²) in [6.07, 6.45) is 0.226. The van der Waals surface area contributed by atoms with Crippen LogP contribution in [0.25, 0.3) is 0 Å². The Bertz CT molecular complexity index is 304. The number of alkyl halides is 2. The van der Waals surface area contributed by atoms with Crippen LogP contribution in [0.15, 0.2) is 0 Å². The van der Waals surface area contributed by atoms with Crippen LogP contribution in [0.2, 0.25) is 0 Å². The van der Waals surface area contributed by atoms with Gasteiger partial charge in [0.05, 0.1) is 18.8 Å². The van der Waals surface area contributed by atoms with E-state index < -0.39 is 30.6 Å². The number of rotatable bonds is 5. The molecule has 1 aliphatic rings. The molecule has 2 unspecified atom stereocenters. The van der Waals surface area contributed by atoms with Gasteiger partial charge < -0.3 is 0 Å². The first-order valence-electron chi connectivity index (χ1n) is 5.49. The fraction of sp³-hybridized carbons (Fsp3) is 0.800. The van der Waals surface area contributed by atoms with Gasteiger partial charge in [-0.15, -0.1) is 0 Å². The van der Waals surface area contributed by atoms with Gasteiger partial charge in [-0.1, -0.05) is 0 Å². The molecule has 98 valence electrons. The Balaban J connectivity index is 2.33.